The summed E-state index contributed by atoms with van der Waals surface area (Å²) in [6.45, 7) is 2.37. The Kier molecular flexibility index (Phi) is 4.21. The van der Waals surface area contributed by atoms with Crippen LogP contribution in [0.3, 0.4) is 0 Å². The van der Waals surface area contributed by atoms with Crippen molar-refractivity contribution < 1.29 is 4.79 Å². The number of nitrogens with zero attached hydrogens (tertiary/aromatic N) is 3. The molecule has 0 saturated carbocycles. The Morgan fingerprint density at radius 1 is 1.24 bits per heavy atom. The molecule has 0 bridgehead atoms. The van der Waals surface area contributed by atoms with E-state index >= 15 is 0 Å². The monoisotopic (exact) mass is 339 g/mol. The normalized spacial score (nSPS) is 16.9. The summed E-state index contributed by atoms with van der Waals surface area (Å²) in [5.74, 6) is 1.19. The van der Waals surface area contributed by atoms with E-state index in [0.29, 0.717) is 18.0 Å². The summed E-state index contributed by atoms with van der Waals surface area (Å²) in [7, 11) is 0. The maximum atomic E-state index is 12.0. The van der Waals surface area contributed by atoms with Crippen molar-refractivity contribution in [1.82, 2.24) is 20.5 Å². The Morgan fingerprint density at radius 3 is 2.88 bits per heavy atom. The summed E-state index contributed by atoms with van der Waals surface area (Å²) in [5, 5.41) is 11.7. The van der Waals surface area contributed by atoms with Gasteiger partial charge in [0.1, 0.15) is 0 Å². The number of amides is 1. The third-order valence-electron chi connectivity index (χ3n) is 4.94. The fourth-order valence-electron chi connectivity index (χ4n) is 3.41. The van der Waals surface area contributed by atoms with Crippen molar-refractivity contribution in [3.05, 3.63) is 51.6 Å². The second kappa shape index (κ2) is 6.66. The molecular formula is C18H21N5O2. The highest BCUT2D eigenvalue weighted by Gasteiger charge is 2.29. The first-order chi connectivity index (χ1) is 12.2. The number of fused-ring (bicyclic) bond motifs is 1. The number of hydrogen-bond acceptors (Lipinski definition) is 5. The van der Waals surface area contributed by atoms with Crippen molar-refractivity contribution >= 4 is 11.7 Å². The molecule has 0 spiro atoms. The van der Waals surface area contributed by atoms with Crippen LogP contribution in [0.25, 0.3) is 0 Å². The van der Waals surface area contributed by atoms with Gasteiger partial charge in [0.15, 0.2) is 5.82 Å². The van der Waals surface area contributed by atoms with E-state index in [1.165, 1.54) is 36.7 Å². The molecule has 2 aliphatic rings. The van der Waals surface area contributed by atoms with Gasteiger partial charge >= 0.3 is 0 Å². The first-order valence-electron chi connectivity index (χ1n) is 8.76. The van der Waals surface area contributed by atoms with Gasteiger partial charge in [0.2, 0.25) is 5.56 Å². The third-order valence-corrected chi connectivity index (χ3v) is 4.94. The predicted molar refractivity (Wildman–Crippen MR) is 93.8 cm³/mol. The highest BCUT2D eigenvalue weighted by atomic mass is 16.1. The number of carbonyl (C=O) groups is 1. The third kappa shape index (κ3) is 3.40. The van der Waals surface area contributed by atoms with Gasteiger partial charge < -0.3 is 15.2 Å². The molecule has 1 saturated heterocycles. The van der Waals surface area contributed by atoms with Gasteiger partial charge in [-0.25, -0.2) is 0 Å². The molecule has 7 heteroatoms. The maximum absolute atomic E-state index is 12.0. The maximum Gasteiger partial charge on any atom is 0.252 e. The number of anilines is 1. The first kappa shape index (κ1) is 15.8. The number of aromatic amines is 1. The lowest BCUT2D eigenvalue weighted by molar-refractivity contribution is 0.0944. The lowest BCUT2D eigenvalue weighted by Gasteiger charge is -2.40. The van der Waals surface area contributed by atoms with Gasteiger partial charge in [-0.3, -0.25) is 9.59 Å². The van der Waals surface area contributed by atoms with Gasteiger partial charge in [-0.1, -0.05) is 0 Å². The molecular weight excluding hydrogens is 318 g/mol. The molecule has 2 aromatic rings. The van der Waals surface area contributed by atoms with Gasteiger partial charge in [0.05, 0.1) is 11.3 Å². The Labute approximate surface area is 145 Å². The minimum absolute atomic E-state index is 0.164. The molecule has 0 radical (unpaired) electrons. The van der Waals surface area contributed by atoms with Crippen LogP contribution in [-0.4, -0.2) is 40.7 Å². The van der Waals surface area contributed by atoms with E-state index in [9.17, 15) is 9.59 Å². The van der Waals surface area contributed by atoms with E-state index in [1.54, 1.807) is 0 Å². The second-order valence-electron chi connectivity index (χ2n) is 6.80. The zero-order valence-electron chi connectivity index (χ0n) is 14.0. The zero-order chi connectivity index (χ0) is 17.2. The van der Waals surface area contributed by atoms with Crippen LogP contribution in [0.15, 0.2) is 29.2 Å². The summed E-state index contributed by atoms with van der Waals surface area (Å²) >= 11 is 0. The predicted octanol–water partition coefficient (Wildman–Crippen LogP) is 0.910. The van der Waals surface area contributed by atoms with E-state index in [2.05, 4.69) is 31.5 Å². The van der Waals surface area contributed by atoms with Gasteiger partial charge in [-0.2, -0.15) is 5.10 Å². The van der Waals surface area contributed by atoms with Crippen molar-refractivity contribution in [3.63, 3.8) is 0 Å². The van der Waals surface area contributed by atoms with Crippen molar-refractivity contribution in [1.29, 1.82) is 0 Å². The molecule has 2 N–H and O–H groups in total. The van der Waals surface area contributed by atoms with Gasteiger partial charge in [-0.15, -0.1) is 5.10 Å². The number of carbonyl (C=O) groups excluding carboxylic acids is 1. The van der Waals surface area contributed by atoms with E-state index in [4.69, 9.17) is 0 Å². The van der Waals surface area contributed by atoms with Crippen LogP contribution >= 0.6 is 0 Å². The van der Waals surface area contributed by atoms with Crippen molar-refractivity contribution in [3.8, 4) is 0 Å². The number of H-pyrrole nitrogens is 1. The molecule has 0 aromatic carbocycles. The lowest BCUT2D eigenvalue weighted by atomic mass is 9.95. The average Bonchev–Trinajstić information content (AvgIpc) is 2.60. The van der Waals surface area contributed by atoms with Crippen molar-refractivity contribution in [2.24, 2.45) is 5.92 Å². The van der Waals surface area contributed by atoms with Crippen LogP contribution in [0.2, 0.25) is 0 Å². The quantitative estimate of drug-likeness (QED) is 0.864. The molecule has 0 unspecified atom stereocenters. The standard InChI is InChI=1S/C18H21N5O2/c24-17-6-5-14(9-19-17)18(25)20-8-12-10-23(11-12)16-7-13-3-1-2-4-15(13)21-22-16/h5-7,9,12H,1-4,8,10-11H2,(H,19,24)(H,20,25). The Balaban J connectivity index is 1.28. The lowest BCUT2D eigenvalue weighted by Crippen LogP contribution is -2.52. The molecule has 3 heterocycles. The minimum Gasteiger partial charge on any atom is -0.354 e. The Hall–Kier alpha value is -2.70. The summed E-state index contributed by atoms with van der Waals surface area (Å²) in [6.07, 6.45) is 6.03. The topological polar surface area (TPSA) is 91.0 Å². The van der Waals surface area contributed by atoms with Gasteiger partial charge in [0, 0.05) is 37.8 Å². The summed E-state index contributed by atoms with van der Waals surface area (Å²) < 4.78 is 0. The number of aromatic nitrogens is 3. The Morgan fingerprint density at radius 2 is 2.08 bits per heavy atom. The van der Waals surface area contributed by atoms with E-state index in [-0.39, 0.29) is 11.5 Å². The molecule has 4 rings (SSSR count). The SMILES string of the molecule is O=C(NCC1CN(c2cc3c(nn2)CCCC3)C1)c1ccc(=O)[nH]c1. The number of nitrogens with one attached hydrogen (secondary N) is 2. The van der Waals surface area contributed by atoms with Crippen LogP contribution in [0.1, 0.15) is 34.5 Å². The average molecular weight is 339 g/mol. The number of hydrogen-bond donors (Lipinski definition) is 2. The largest absolute Gasteiger partial charge is 0.354 e. The van der Waals surface area contributed by atoms with Crippen molar-refractivity contribution in [2.45, 2.75) is 25.7 Å². The molecule has 1 aliphatic heterocycles. The van der Waals surface area contributed by atoms with E-state index < -0.39 is 0 Å². The second-order valence-corrected chi connectivity index (χ2v) is 6.80. The molecule has 7 nitrogen and oxygen atoms in total. The summed E-state index contributed by atoms with van der Waals surface area (Å²) in [5.41, 5.74) is 2.75. The first-order valence-corrected chi connectivity index (χ1v) is 8.76. The van der Waals surface area contributed by atoms with Gasteiger partial charge in [-0.05, 0) is 43.4 Å². The van der Waals surface area contributed by atoms with E-state index in [1.807, 2.05) is 0 Å². The Bertz CT molecular complexity index is 821. The fraction of sp³-hybridized carbons (Fsp3) is 0.444. The fourth-order valence-corrected chi connectivity index (χ4v) is 3.41. The molecule has 1 amide bonds. The van der Waals surface area contributed by atoms with Crippen LogP contribution in [0.4, 0.5) is 5.82 Å². The highest BCUT2D eigenvalue weighted by molar-refractivity contribution is 5.93. The number of aryl methyl sites for hydroxylation is 2. The summed E-state index contributed by atoms with van der Waals surface area (Å²) in [4.78, 5) is 27.8. The minimum atomic E-state index is -0.211. The molecule has 25 heavy (non-hydrogen) atoms. The van der Waals surface area contributed by atoms with E-state index in [0.717, 1.165) is 37.4 Å². The molecule has 0 atom stereocenters. The van der Waals surface area contributed by atoms with Crippen molar-refractivity contribution in [2.75, 3.05) is 24.5 Å². The number of pyridine rings is 1. The van der Waals surface area contributed by atoms with Crippen LogP contribution in [-0.2, 0) is 12.8 Å². The molecule has 1 aliphatic carbocycles. The molecule has 1 fully saturated rings. The number of rotatable bonds is 4. The molecule has 2 aromatic heterocycles. The zero-order valence-corrected chi connectivity index (χ0v) is 14.0. The van der Waals surface area contributed by atoms with Gasteiger partial charge in [0.25, 0.3) is 5.91 Å². The van der Waals surface area contributed by atoms with Crippen LogP contribution in [0, 0.1) is 5.92 Å². The van der Waals surface area contributed by atoms with Crippen LogP contribution in [0.5, 0.6) is 0 Å². The smallest absolute Gasteiger partial charge is 0.252 e. The summed E-state index contributed by atoms with van der Waals surface area (Å²) in [6, 6.07) is 5.06. The highest BCUT2D eigenvalue weighted by Crippen LogP contribution is 2.26. The molecule has 130 valence electrons. The van der Waals surface area contributed by atoms with Crippen LogP contribution < -0.4 is 15.8 Å².